The lowest BCUT2D eigenvalue weighted by Gasteiger charge is -2.42. The second kappa shape index (κ2) is 10.4. The van der Waals surface area contributed by atoms with Crippen molar-refractivity contribution in [1.82, 2.24) is 4.90 Å². The summed E-state index contributed by atoms with van der Waals surface area (Å²) >= 11 is 0. The Hall–Kier alpha value is -2.92. The minimum Gasteiger partial charge on any atom is -0.349 e. The van der Waals surface area contributed by atoms with Crippen LogP contribution in [0.5, 0.6) is 0 Å². The summed E-state index contributed by atoms with van der Waals surface area (Å²) in [5, 5.41) is 7.58. The third kappa shape index (κ3) is 6.28. The molecule has 0 aliphatic rings. The minimum atomic E-state index is -0.207. The molecule has 0 fully saturated rings. The van der Waals surface area contributed by atoms with Gasteiger partial charge in [-0.25, -0.2) is 4.39 Å². The molecule has 0 spiro atoms. The van der Waals surface area contributed by atoms with Crippen molar-refractivity contribution in [2.75, 3.05) is 18.5 Å². The van der Waals surface area contributed by atoms with Crippen molar-refractivity contribution in [1.29, 1.82) is 5.41 Å². The topological polar surface area (TPSA) is 56.4 Å². The second-order valence-electron chi connectivity index (χ2n) is 8.64. The molecule has 2 aromatic rings. The van der Waals surface area contributed by atoms with Gasteiger partial charge in [0.2, 0.25) is 0 Å². The Morgan fingerprint density at radius 1 is 1.13 bits per heavy atom. The van der Waals surface area contributed by atoms with E-state index in [2.05, 4.69) is 38.3 Å². The van der Waals surface area contributed by atoms with E-state index in [1.807, 2.05) is 49.2 Å². The van der Waals surface area contributed by atoms with Gasteiger partial charge in [-0.1, -0.05) is 37.8 Å². The van der Waals surface area contributed by atoms with Crippen molar-refractivity contribution in [2.45, 2.75) is 46.2 Å². The zero-order chi connectivity index (χ0) is 23.2. The zero-order valence-corrected chi connectivity index (χ0v) is 19.4. The predicted molar refractivity (Wildman–Crippen MR) is 131 cm³/mol. The van der Waals surface area contributed by atoms with Crippen LogP contribution in [0.1, 0.15) is 44.4 Å². The molecule has 31 heavy (non-hydrogen) atoms. The van der Waals surface area contributed by atoms with Crippen molar-refractivity contribution in [3.63, 3.8) is 0 Å². The molecular weight excluding hydrogens is 387 g/mol. The van der Waals surface area contributed by atoms with E-state index in [1.54, 1.807) is 12.1 Å². The summed E-state index contributed by atoms with van der Waals surface area (Å²) in [5.74, 6) is 0.623. The first kappa shape index (κ1) is 24.4. The number of nitrogens with two attached hydrogens (primary N) is 1. The van der Waals surface area contributed by atoms with Gasteiger partial charge in [0.1, 0.15) is 11.6 Å². The average Bonchev–Trinajstić information content (AvgIpc) is 2.73. The molecule has 0 radical (unpaired) electrons. The fraction of sp³-hybridized carbons (Fsp3) is 0.346. The average molecular weight is 423 g/mol. The molecule has 2 rings (SSSR count). The van der Waals surface area contributed by atoms with Crippen molar-refractivity contribution >= 4 is 17.5 Å². The number of rotatable bonds is 9. The molecule has 3 N–H and O–H groups in total. The first-order valence-corrected chi connectivity index (χ1v) is 10.6. The molecule has 0 aromatic heterocycles. The zero-order valence-electron chi connectivity index (χ0n) is 19.4. The fourth-order valence-corrected chi connectivity index (χ4v) is 3.51. The number of halogens is 1. The Morgan fingerprint density at radius 3 is 2.26 bits per heavy atom. The largest absolute Gasteiger partial charge is 0.349 e. The third-order valence-electron chi connectivity index (χ3n) is 5.36. The van der Waals surface area contributed by atoms with Crippen LogP contribution in [0.25, 0.3) is 5.57 Å². The monoisotopic (exact) mass is 422 g/mol. The van der Waals surface area contributed by atoms with Gasteiger partial charge in [0.05, 0.1) is 0 Å². The van der Waals surface area contributed by atoms with Crippen LogP contribution in [-0.4, -0.2) is 30.2 Å². The van der Waals surface area contributed by atoms with Crippen LogP contribution in [0.3, 0.4) is 0 Å². The number of anilines is 1. The number of nitrogens with one attached hydrogen (secondary N) is 1. The summed E-state index contributed by atoms with van der Waals surface area (Å²) in [6, 6.07) is 13.2. The number of allylic oxidation sites excluding steroid dienone is 1. The van der Waals surface area contributed by atoms with Crippen LogP contribution >= 0.6 is 0 Å². The quantitative estimate of drug-likeness (QED) is 0.518. The standard InChI is InChI=1S/C26H35FN4/c1-7-20-14-21(16-24(27)15-20)18-31(26(3,4)5)19(2)30(6)25-10-8-22(9-11-25)23(17-29)12-13-28/h8-12,14-17,29H,2,7,13,18,28H2,1,3-6H3/b23-12+,29-17?. The van der Waals surface area contributed by atoms with Crippen molar-refractivity contribution in [3.05, 3.63) is 83.4 Å². The highest BCUT2D eigenvalue weighted by Crippen LogP contribution is 2.28. The summed E-state index contributed by atoms with van der Waals surface area (Å²) < 4.78 is 14.1. The lowest BCUT2D eigenvalue weighted by molar-refractivity contribution is 0.173. The van der Waals surface area contributed by atoms with Crippen LogP contribution in [0.2, 0.25) is 0 Å². The molecule has 166 valence electrons. The number of aryl methyl sites for hydroxylation is 1. The number of nitrogens with zero attached hydrogens (tertiary/aromatic N) is 2. The van der Waals surface area contributed by atoms with Gasteiger partial charge in [-0.2, -0.15) is 0 Å². The van der Waals surface area contributed by atoms with Crippen LogP contribution in [0.15, 0.2) is 60.9 Å². The van der Waals surface area contributed by atoms with Crippen molar-refractivity contribution < 1.29 is 4.39 Å². The van der Waals surface area contributed by atoms with Crippen LogP contribution in [-0.2, 0) is 13.0 Å². The normalized spacial score (nSPS) is 11.9. The number of hydrogen-bond donors (Lipinski definition) is 2. The Balaban J connectivity index is 2.30. The van der Waals surface area contributed by atoms with E-state index in [0.717, 1.165) is 40.2 Å². The number of benzene rings is 2. The molecule has 0 bridgehead atoms. The Morgan fingerprint density at radius 2 is 1.74 bits per heavy atom. The summed E-state index contributed by atoms with van der Waals surface area (Å²) in [4.78, 5) is 4.22. The summed E-state index contributed by atoms with van der Waals surface area (Å²) in [6.45, 7) is 13.7. The van der Waals surface area contributed by atoms with Gasteiger partial charge in [-0.3, -0.25) is 0 Å². The smallest absolute Gasteiger partial charge is 0.123 e. The molecule has 0 saturated heterocycles. The molecular formula is C26H35FN4. The first-order valence-electron chi connectivity index (χ1n) is 10.6. The second-order valence-corrected chi connectivity index (χ2v) is 8.64. The van der Waals surface area contributed by atoms with Gasteiger partial charge in [0.25, 0.3) is 0 Å². The Labute approximate surface area is 186 Å². The highest BCUT2D eigenvalue weighted by atomic mass is 19.1. The fourth-order valence-electron chi connectivity index (χ4n) is 3.51. The molecule has 0 unspecified atom stereocenters. The van der Waals surface area contributed by atoms with Crippen molar-refractivity contribution in [3.8, 4) is 0 Å². The molecule has 0 aliphatic heterocycles. The van der Waals surface area contributed by atoms with Crippen LogP contribution in [0, 0.1) is 11.2 Å². The maximum absolute atomic E-state index is 14.1. The molecule has 0 saturated carbocycles. The first-order chi connectivity index (χ1) is 14.6. The predicted octanol–water partition coefficient (Wildman–Crippen LogP) is 5.59. The SMILES string of the molecule is C=C(N(C)c1ccc(/C(C=N)=C/CN)cc1)N(Cc1cc(F)cc(CC)c1)C(C)(C)C. The van der Waals surface area contributed by atoms with Crippen molar-refractivity contribution in [2.24, 2.45) is 5.73 Å². The number of hydrogen-bond acceptors (Lipinski definition) is 4. The highest BCUT2D eigenvalue weighted by Gasteiger charge is 2.25. The lowest BCUT2D eigenvalue weighted by atomic mass is 10.0. The van der Waals surface area contributed by atoms with E-state index < -0.39 is 0 Å². The molecule has 0 heterocycles. The van der Waals surface area contributed by atoms with Gasteiger partial charge in [0.15, 0.2) is 0 Å². The molecule has 0 aliphatic carbocycles. The molecule has 4 nitrogen and oxygen atoms in total. The molecule has 0 amide bonds. The lowest BCUT2D eigenvalue weighted by Crippen LogP contribution is -2.44. The minimum absolute atomic E-state index is 0.203. The summed E-state index contributed by atoms with van der Waals surface area (Å²) in [5.41, 5.74) is 10.0. The Bertz CT molecular complexity index is 939. The van der Waals surface area contributed by atoms with Gasteiger partial charge in [-0.05, 0) is 73.7 Å². The van der Waals surface area contributed by atoms with E-state index in [-0.39, 0.29) is 11.4 Å². The molecule has 0 atom stereocenters. The molecule has 5 heteroatoms. The summed E-state index contributed by atoms with van der Waals surface area (Å²) in [7, 11) is 1.98. The third-order valence-corrected chi connectivity index (χ3v) is 5.36. The summed E-state index contributed by atoms with van der Waals surface area (Å²) in [6.07, 6.45) is 3.94. The van der Waals surface area contributed by atoms with E-state index in [9.17, 15) is 4.39 Å². The van der Waals surface area contributed by atoms with E-state index >= 15 is 0 Å². The maximum Gasteiger partial charge on any atom is 0.123 e. The van der Waals surface area contributed by atoms with Crippen LogP contribution < -0.4 is 10.6 Å². The van der Waals surface area contributed by atoms with Gasteiger partial charge in [-0.15, -0.1) is 0 Å². The van der Waals surface area contributed by atoms with E-state index in [0.29, 0.717) is 13.1 Å². The van der Waals surface area contributed by atoms with Crippen LogP contribution in [0.4, 0.5) is 10.1 Å². The highest BCUT2D eigenvalue weighted by molar-refractivity contribution is 6.08. The van der Waals surface area contributed by atoms with Gasteiger partial charge in [0, 0.05) is 37.6 Å². The molecule has 2 aromatic carbocycles. The van der Waals surface area contributed by atoms with Gasteiger partial charge < -0.3 is 20.9 Å². The maximum atomic E-state index is 14.1. The van der Waals surface area contributed by atoms with Gasteiger partial charge >= 0.3 is 0 Å². The van der Waals surface area contributed by atoms with E-state index in [1.165, 1.54) is 6.21 Å². The Kier molecular flexibility index (Phi) is 8.17. The van der Waals surface area contributed by atoms with E-state index in [4.69, 9.17) is 11.1 Å².